The third-order valence-corrected chi connectivity index (χ3v) is 18.0. The molecule has 0 radical (unpaired) electrons. The van der Waals surface area contributed by atoms with Crippen LogP contribution in [-0.4, -0.2) is 39.9 Å². The lowest BCUT2D eigenvalue weighted by Crippen LogP contribution is -1.89. The zero-order valence-corrected chi connectivity index (χ0v) is 52.1. The molecule has 4 N–H and O–H groups in total. The molecule has 10 heterocycles. The molecule has 16 bridgehead atoms. The fourth-order valence-electron chi connectivity index (χ4n) is 13.7. The molecular weight excluding hydrogens is 1170 g/mol. The van der Waals surface area contributed by atoms with Gasteiger partial charge < -0.3 is 19.9 Å². The van der Waals surface area contributed by atoms with Crippen LogP contribution in [0.15, 0.2) is 291 Å². The third-order valence-electron chi connectivity index (χ3n) is 18.0. The van der Waals surface area contributed by atoms with Crippen molar-refractivity contribution in [2.75, 3.05) is 0 Å². The quantitative estimate of drug-likeness (QED) is 0.121. The van der Waals surface area contributed by atoms with Crippen LogP contribution in [0.3, 0.4) is 0 Å². The lowest BCUT2D eigenvalue weighted by molar-refractivity contribution is 1.31. The van der Waals surface area contributed by atoms with Gasteiger partial charge in [-0.3, -0.25) is 0 Å². The minimum absolute atomic E-state index is 0.906. The largest absolute Gasteiger partial charge is 0.354 e. The zero-order valence-electron chi connectivity index (χ0n) is 52.1. The van der Waals surface area contributed by atoms with E-state index < -0.39 is 0 Å². The molecule has 0 spiro atoms. The van der Waals surface area contributed by atoms with E-state index in [0.29, 0.717) is 0 Å². The number of benzene rings is 8. The standard InChI is InChI=1S/2C44H30N4/c2*1-5-13-29(14-6-1)41-33-21-23-35(45-33)42(30-15-7-2-8-16-30)37-25-27-39(47-37)44(32-19-11-4-12-20-32)40-28-26-38(48-40)43(31-17-9-3-10-18-31)36-24-22-34(41)46-36/h2*1-28,45,48H. The Labute approximate surface area is 555 Å². The molecule has 0 atom stereocenters. The molecule has 452 valence electrons. The van der Waals surface area contributed by atoms with Crippen molar-refractivity contribution in [2.45, 2.75) is 0 Å². The summed E-state index contributed by atoms with van der Waals surface area (Å²) in [6.07, 6.45) is 17.1. The highest BCUT2D eigenvalue weighted by atomic mass is 14.8. The first-order valence-corrected chi connectivity index (χ1v) is 32.4. The van der Waals surface area contributed by atoms with E-state index in [1.165, 1.54) is 0 Å². The first kappa shape index (κ1) is 56.9. The van der Waals surface area contributed by atoms with Gasteiger partial charge in [-0.25, -0.2) is 19.9 Å². The number of nitrogens with one attached hydrogen (secondary N) is 4. The van der Waals surface area contributed by atoms with Gasteiger partial charge >= 0.3 is 0 Å². The predicted octanol–water partition coefficient (Wildman–Crippen LogP) is 22.6. The number of H-pyrrole nitrogens is 4. The second-order valence-corrected chi connectivity index (χ2v) is 23.9. The molecule has 8 aromatic carbocycles. The fraction of sp³-hybridized carbons (Fsp3) is 0. The molecule has 6 aromatic heterocycles. The van der Waals surface area contributed by atoms with E-state index in [-0.39, 0.29) is 0 Å². The molecular formula is C88H60N8. The van der Waals surface area contributed by atoms with Crippen LogP contribution in [0.1, 0.15) is 45.6 Å². The molecule has 0 aliphatic carbocycles. The van der Waals surface area contributed by atoms with Gasteiger partial charge in [0.2, 0.25) is 0 Å². The third kappa shape index (κ3) is 10.8. The number of nitrogens with zero attached hydrogens (tertiary/aromatic N) is 4. The summed E-state index contributed by atoms with van der Waals surface area (Å²) >= 11 is 0. The van der Waals surface area contributed by atoms with E-state index in [1.807, 2.05) is 48.5 Å². The van der Waals surface area contributed by atoms with Gasteiger partial charge in [0.25, 0.3) is 0 Å². The molecule has 18 rings (SSSR count). The van der Waals surface area contributed by atoms with Gasteiger partial charge in [0.15, 0.2) is 0 Å². The van der Waals surface area contributed by atoms with E-state index in [2.05, 4.69) is 311 Å². The van der Waals surface area contributed by atoms with Gasteiger partial charge in [0.1, 0.15) is 0 Å². The van der Waals surface area contributed by atoms with Crippen molar-refractivity contribution < 1.29 is 0 Å². The van der Waals surface area contributed by atoms with Gasteiger partial charge in [0.05, 0.1) is 45.6 Å². The van der Waals surface area contributed by atoms with Crippen molar-refractivity contribution in [1.29, 1.82) is 0 Å². The van der Waals surface area contributed by atoms with E-state index in [4.69, 9.17) is 19.9 Å². The smallest absolute Gasteiger partial charge is 0.0737 e. The summed E-state index contributed by atoms with van der Waals surface area (Å²) in [7, 11) is 0. The lowest BCUT2D eigenvalue weighted by Gasteiger charge is -2.07. The summed E-state index contributed by atoms with van der Waals surface area (Å²) in [5.41, 5.74) is 32.3. The molecule has 0 amide bonds. The van der Waals surface area contributed by atoms with Crippen molar-refractivity contribution >= 4 is 92.7 Å². The summed E-state index contributed by atoms with van der Waals surface area (Å²) in [6, 6.07) is 101. The minimum atomic E-state index is 0.906. The van der Waals surface area contributed by atoms with Crippen LogP contribution in [0.2, 0.25) is 0 Å². The first-order chi connectivity index (χ1) is 47.6. The SMILES string of the molecule is C1=Cc2nc1c(-c1ccccc1)c1ccc([nH]1)c(-c1ccccc1)c1nc(c(-c3ccccc3)c3ccc([nH]3)c2-c2ccccc2)C=C1.C1=Cc2nc1c(-c1ccccc1)c1ccc([nH]1)c(-c1ccccc1)c1nc(c(-c3ccccc3)c3ccc([nH]3)c2-c2ccccc2)C=C1. The van der Waals surface area contributed by atoms with Crippen LogP contribution in [0.5, 0.6) is 0 Å². The Morgan fingerprint density at radius 3 is 0.365 bits per heavy atom. The summed E-state index contributed by atoms with van der Waals surface area (Å²) in [5.74, 6) is 0. The number of aromatic nitrogens is 8. The van der Waals surface area contributed by atoms with Crippen molar-refractivity contribution in [3.8, 4) is 89.0 Å². The van der Waals surface area contributed by atoms with Crippen LogP contribution < -0.4 is 0 Å². The van der Waals surface area contributed by atoms with Crippen LogP contribution in [0.4, 0.5) is 0 Å². The topological polar surface area (TPSA) is 115 Å². The van der Waals surface area contributed by atoms with Crippen LogP contribution >= 0.6 is 0 Å². The number of hydrogen-bond acceptors (Lipinski definition) is 4. The molecule has 96 heavy (non-hydrogen) atoms. The molecule has 8 heteroatoms. The average Bonchev–Trinajstić information content (AvgIpc) is 1.66. The van der Waals surface area contributed by atoms with Crippen molar-refractivity contribution in [3.63, 3.8) is 0 Å². The molecule has 4 aliphatic rings. The Hall–Kier alpha value is -13.0. The maximum atomic E-state index is 5.35. The summed E-state index contributed by atoms with van der Waals surface area (Å²) in [5, 5.41) is 0. The van der Waals surface area contributed by atoms with Gasteiger partial charge in [-0.1, -0.05) is 243 Å². The fourth-order valence-corrected chi connectivity index (χ4v) is 13.7. The Bertz CT molecular complexity index is 4710. The number of aromatic amines is 4. The predicted molar refractivity (Wildman–Crippen MR) is 401 cm³/mol. The van der Waals surface area contributed by atoms with Crippen molar-refractivity contribution in [1.82, 2.24) is 39.9 Å². The Kier molecular flexibility index (Phi) is 14.7. The van der Waals surface area contributed by atoms with E-state index >= 15 is 0 Å². The van der Waals surface area contributed by atoms with Crippen LogP contribution in [-0.2, 0) is 0 Å². The number of fused-ring (bicyclic) bond motifs is 16. The maximum absolute atomic E-state index is 5.35. The van der Waals surface area contributed by atoms with Gasteiger partial charge in [0, 0.05) is 88.6 Å². The van der Waals surface area contributed by atoms with Crippen molar-refractivity contribution in [3.05, 3.63) is 337 Å². The summed E-state index contributed by atoms with van der Waals surface area (Å²) in [4.78, 5) is 36.6. The van der Waals surface area contributed by atoms with E-state index in [9.17, 15) is 0 Å². The Balaban J connectivity index is 0.000000145. The van der Waals surface area contributed by atoms with Crippen LogP contribution in [0, 0.1) is 0 Å². The van der Waals surface area contributed by atoms with Gasteiger partial charge in [-0.2, -0.15) is 0 Å². The summed E-state index contributed by atoms with van der Waals surface area (Å²) in [6.45, 7) is 0. The molecule has 0 saturated carbocycles. The molecule has 0 unspecified atom stereocenters. The Morgan fingerprint density at radius 1 is 0.135 bits per heavy atom. The molecule has 0 saturated heterocycles. The van der Waals surface area contributed by atoms with E-state index in [1.54, 1.807) is 0 Å². The average molecular weight is 1230 g/mol. The normalized spacial score (nSPS) is 12.0. The second kappa shape index (κ2) is 24.9. The van der Waals surface area contributed by atoms with Gasteiger partial charge in [-0.15, -0.1) is 0 Å². The lowest BCUT2D eigenvalue weighted by atomic mass is 10.0. The monoisotopic (exact) mass is 1230 g/mol. The molecule has 14 aromatic rings. The summed E-state index contributed by atoms with van der Waals surface area (Å²) < 4.78 is 0. The number of hydrogen-bond donors (Lipinski definition) is 4. The highest BCUT2D eigenvalue weighted by Crippen LogP contribution is 2.42. The Morgan fingerprint density at radius 2 is 0.250 bits per heavy atom. The highest BCUT2D eigenvalue weighted by molar-refractivity contribution is 6.03. The second-order valence-electron chi connectivity index (χ2n) is 23.9. The molecule has 4 aliphatic heterocycles. The van der Waals surface area contributed by atoms with Crippen LogP contribution in [0.25, 0.3) is 182 Å². The highest BCUT2D eigenvalue weighted by Gasteiger charge is 2.22. The number of rotatable bonds is 8. The first-order valence-electron chi connectivity index (χ1n) is 32.4. The molecule has 8 nitrogen and oxygen atoms in total. The zero-order chi connectivity index (χ0) is 63.7. The van der Waals surface area contributed by atoms with E-state index in [0.717, 1.165) is 179 Å². The van der Waals surface area contributed by atoms with Gasteiger partial charge in [-0.05, 0) is 142 Å². The molecule has 0 fully saturated rings. The van der Waals surface area contributed by atoms with Crippen molar-refractivity contribution in [2.24, 2.45) is 0 Å². The minimum Gasteiger partial charge on any atom is -0.354 e. The maximum Gasteiger partial charge on any atom is 0.0737 e.